The van der Waals surface area contributed by atoms with Gasteiger partial charge in [0.25, 0.3) is 0 Å². The van der Waals surface area contributed by atoms with Crippen LogP contribution in [0, 0.1) is 5.92 Å². The summed E-state index contributed by atoms with van der Waals surface area (Å²) in [6.45, 7) is 2.13. The van der Waals surface area contributed by atoms with Gasteiger partial charge in [-0.3, -0.25) is 0 Å². The second-order valence-corrected chi connectivity index (χ2v) is 6.49. The van der Waals surface area contributed by atoms with Crippen molar-refractivity contribution in [2.75, 3.05) is 26.8 Å². The zero-order valence-corrected chi connectivity index (χ0v) is 14.4. The highest BCUT2D eigenvalue weighted by atomic mass is 19.4. The van der Waals surface area contributed by atoms with E-state index in [1.807, 2.05) is 0 Å². The van der Waals surface area contributed by atoms with Crippen molar-refractivity contribution in [1.82, 2.24) is 5.32 Å². The monoisotopic (exact) mass is 361 g/mol. The second-order valence-electron chi connectivity index (χ2n) is 6.49. The molecule has 1 aliphatic heterocycles. The van der Waals surface area contributed by atoms with Crippen LogP contribution in [-0.4, -0.2) is 38.3 Å². The van der Waals surface area contributed by atoms with E-state index in [4.69, 9.17) is 4.74 Å². The number of halogens is 3. The molecule has 2 rings (SSSR count). The Balaban J connectivity index is 2.22. The molecule has 2 atom stereocenters. The van der Waals surface area contributed by atoms with E-state index in [-0.39, 0.29) is 11.7 Å². The molecule has 4 nitrogen and oxygen atoms in total. The maximum absolute atomic E-state index is 12.5. The number of methoxy groups -OCH3 is 1. The van der Waals surface area contributed by atoms with Gasteiger partial charge in [0.1, 0.15) is 5.75 Å². The van der Waals surface area contributed by atoms with Crippen molar-refractivity contribution in [2.24, 2.45) is 5.92 Å². The summed E-state index contributed by atoms with van der Waals surface area (Å²) < 4.78 is 46.6. The molecule has 1 saturated heterocycles. The van der Waals surface area contributed by atoms with Gasteiger partial charge in [0.15, 0.2) is 0 Å². The van der Waals surface area contributed by atoms with Gasteiger partial charge in [-0.05, 0) is 56.3 Å². The summed E-state index contributed by atoms with van der Waals surface area (Å²) in [4.78, 5) is 0. The molecule has 25 heavy (non-hydrogen) atoms. The molecule has 0 unspecified atom stereocenters. The topological polar surface area (TPSA) is 50.7 Å². The minimum Gasteiger partial charge on any atom is -0.406 e. The number of piperidine rings is 1. The zero-order chi connectivity index (χ0) is 18.3. The molecule has 1 heterocycles. The molecule has 1 aromatic carbocycles. The standard InChI is InChI=1S/C18H26F3NO3/c1-24-11-3-2-9-17(23,15-7-5-10-22-13-15)14-6-4-8-16(12-14)25-18(19,20)21/h4,6,8,12,15,22-23H,2-3,5,7,9-11,13H2,1H3/t15-,17-/m1/s1. The highest BCUT2D eigenvalue weighted by Crippen LogP contribution is 2.39. The Kier molecular flexibility index (Phi) is 7.10. The Bertz CT molecular complexity index is 533. The van der Waals surface area contributed by atoms with Gasteiger partial charge in [0.05, 0.1) is 5.60 Å². The minimum absolute atomic E-state index is 0.0510. The molecular weight excluding hydrogens is 335 g/mol. The maximum Gasteiger partial charge on any atom is 0.573 e. The zero-order valence-electron chi connectivity index (χ0n) is 14.4. The highest BCUT2D eigenvalue weighted by Gasteiger charge is 2.39. The smallest absolute Gasteiger partial charge is 0.406 e. The van der Waals surface area contributed by atoms with E-state index in [9.17, 15) is 18.3 Å². The van der Waals surface area contributed by atoms with E-state index in [2.05, 4.69) is 10.1 Å². The number of hydrogen-bond donors (Lipinski definition) is 2. The summed E-state index contributed by atoms with van der Waals surface area (Å²) in [6.07, 6.45) is -0.995. The van der Waals surface area contributed by atoms with Crippen LogP contribution in [0.3, 0.4) is 0 Å². The number of benzene rings is 1. The average molecular weight is 361 g/mol. The molecule has 1 aromatic rings. The van der Waals surface area contributed by atoms with Crippen LogP contribution >= 0.6 is 0 Å². The van der Waals surface area contributed by atoms with Crippen LogP contribution in [0.15, 0.2) is 24.3 Å². The predicted molar refractivity (Wildman–Crippen MR) is 88.3 cm³/mol. The highest BCUT2D eigenvalue weighted by molar-refractivity contribution is 5.33. The Hall–Kier alpha value is -1.31. The Morgan fingerprint density at radius 2 is 2.08 bits per heavy atom. The van der Waals surface area contributed by atoms with E-state index in [0.29, 0.717) is 25.1 Å². The number of alkyl halides is 3. The van der Waals surface area contributed by atoms with Crippen LogP contribution in [0.1, 0.15) is 37.7 Å². The second kappa shape index (κ2) is 8.87. The number of unbranched alkanes of at least 4 members (excludes halogenated alkanes) is 1. The van der Waals surface area contributed by atoms with Gasteiger partial charge >= 0.3 is 6.36 Å². The Morgan fingerprint density at radius 3 is 2.72 bits per heavy atom. The molecule has 1 aliphatic rings. The summed E-state index contributed by atoms with van der Waals surface area (Å²) in [5.41, 5.74) is -0.716. The lowest BCUT2D eigenvalue weighted by atomic mass is 9.74. The van der Waals surface area contributed by atoms with Gasteiger partial charge in [0, 0.05) is 26.2 Å². The summed E-state index contributed by atoms with van der Waals surface area (Å²) in [7, 11) is 1.62. The lowest BCUT2D eigenvalue weighted by Crippen LogP contribution is -2.44. The van der Waals surface area contributed by atoms with Crippen LogP contribution in [0.5, 0.6) is 5.75 Å². The van der Waals surface area contributed by atoms with Crippen molar-refractivity contribution >= 4 is 0 Å². The first-order valence-corrected chi connectivity index (χ1v) is 8.63. The summed E-state index contributed by atoms with van der Waals surface area (Å²) in [5, 5.41) is 14.7. The number of rotatable bonds is 8. The third kappa shape index (κ3) is 5.87. The Labute approximate surface area is 146 Å². The van der Waals surface area contributed by atoms with Gasteiger partial charge < -0.3 is 19.9 Å². The lowest BCUT2D eigenvalue weighted by molar-refractivity contribution is -0.274. The fourth-order valence-electron chi connectivity index (χ4n) is 3.45. The minimum atomic E-state index is -4.75. The molecule has 2 N–H and O–H groups in total. The van der Waals surface area contributed by atoms with Crippen LogP contribution in [0.2, 0.25) is 0 Å². The van der Waals surface area contributed by atoms with E-state index >= 15 is 0 Å². The average Bonchev–Trinajstić information content (AvgIpc) is 2.58. The molecule has 0 radical (unpaired) electrons. The van der Waals surface area contributed by atoms with Crippen molar-refractivity contribution in [2.45, 2.75) is 44.1 Å². The van der Waals surface area contributed by atoms with Gasteiger partial charge in [-0.25, -0.2) is 0 Å². The van der Waals surface area contributed by atoms with Crippen molar-refractivity contribution in [1.29, 1.82) is 0 Å². The molecule has 142 valence electrons. The fourth-order valence-corrected chi connectivity index (χ4v) is 3.45. The van der Waals surface area contributed by atoms with Crippen molar-refractivity contribution in [3.05, 3.63) is 29.8 Å². The fraction of sp³-hybridized carbons (Fsp3) is 0.667. The first-order chi connectivity index (χ1) is 11.8. The molecule has 0 spiro atoms. The number of aliphatic hydroxyl groups is 1. The van der Waals surface area contributed by atoms with Crippen LogP contribution in [0.4, 0.5) is 13.2 Å². The predicted octanol–water partition coefficient (Wildman–Crippen LogP) is 3.59. The number of nitrogens with one attached hydrogen (secondary N) is 1. The van der Waals surface area contributed by atoms with Gasteiger partial charge in [-0.2, -0.15) is 0 Å². The van der Waals surface area contributed by atoms with Gasteiger partial charge in [0.2, 0.25) is 0 Å². The maximum atomic E-state index is 12.5. The van der Waals surface area contributed by atoms with Crippen molar-refractivity contribution in [3.63, 3.8) is 0 Å². The SMILES string of the molecule is COCCCC[C@@](O)(c1cccc(OC(F)(F)F)c1)[C@@H]1CCCNC1. The molecule has 7 heteroatoms. The van der Waals surface area contributed by atoms with E-state index in [1.165, 1.54) is 18.2 Å². The summed E-state index contributed by atoms with van der Waals surface area (Å²) >= 11 is 0. The van der Waals surface area contributed by atoms with Crippen LogP contribution < -0.4 is 10.1 Å². The van der Waals surface area contributed by atoms with Crippen molar-refractivity contribution < 1.29 is 27.8 Å². The van der Waals surface area contributed by atoms with Crippen LogP contribution in [-0.2, 0) is 10.3 Å². The van der Waals surface area contributed by atoms with Crippen LogP contribution in [0.25, 0.3) is 0 Å². The van der Waals surface area contributed by atoms with Gasteiger partial charge in [-0.1, -0.05) is 12.1 Å². The largest absolute Gasteiger partial charge is 0.573 e. The van der Waals surface area contributed by atoms with Crippen molar-refractivity contribution in [3.8, 4) is 5.75 Å². The van der Waals surface area contributed by atoms with E-state index < -0.39 is 12.0 Å². The number of hydrogen-bond acceptors (Lipinski definition) is 4. The first-order valence-electron chi connectivity index (χ1n) is 8.63. The van der Waals surface area contributed by atoms with Gasteiger partial charge in [-0.15, -0.1) is 13.2 Å². The molecular formula is C18H26F3NO3. The lowest BCUT2D eigenvalue weighted by Gasteiger charge is -2.39. The molecule has 1 fully saturated rings. The summed E-state index contributed by atoms with van der Waals surface area (Å²) in [6, 6.07) is 5.72. The molecule has 0 bridgehead atoms. The molecule has 0 amide bonds. The molecule has 0 saturated carbocycles. The molecule has 0 aromatic heterocycles. The Morgan fingerprint density at radius 1 is 1.28 bits per heavy atom. The summed E-state index contributed by atoms with van der Waals surface area (Å²) in [5.74, 6) is -0.353. The van der Waals surface area contributed by atoms with E-state index in [1.54, 1.807) is 13.2 Å². The molecule has 0 aliphatic carbocycles. The third-order valence-corrected chi connectivity index (χ3v) is 4.70. The third-order valence-electron chi connectivity index (χ3n) is 4.70. The van der Waals surface area contributed by atoms with E-state index in [0.717, 1.165) is 32.2 Å². The normalized spacial score (nSPS) is 20.9. The first kappa shape index (κ1) is 20.0. The quantitative estimate of drug-likeness (QED) is 0.695. The number of ether oxygens (including phenoxy) is 2.